The summed E-state index contributed by atoms with van der Waals surface area (Å²) >= 11 is 0. The van der Waals surface area contributed by atoms with Crippen LogP contribution in [0.15, 0.2) is 24.3 Å². The third kappa shape index (κ3) is 6.22. The predicted octanol–water partition coefficient (Wildman–Crippen LogP) is 3.76. The molecule has 1 unspecified atom stereocenters. The topological polar surface area (TPSA) is 29.3 Å². The van der Waals surface area contributed by atoms with Gasteiger partial charge in [0.2, 0.25) is 0 Å². The number of unbranched alkanes of at least 4 members (excludes halogenated alkanes) is 2. The van der Waals surface area contributed by atoms with Crippen LogP contribution in [-0.4, -0.2) is 25.0 Å². The smallest absolute Gasteiger partial charge is 0.0424 e. The second kappa shape index (κ2) is 9.11. The molecule has 0 aliphatic rings. The second-order valence-corrected chi connectivity index (χ2v) is 5.57. The van der Waals surface area contributed by atoms with Crippen LogP contribution in [0.25, 0.3) is 0 Å². The van der Waals surface area contributed by atoms with E-state index in [1.54, 1.807) is 0 Å². The second-order valence-electron chi connectivity index (χ2n) is 5.57. The van der Waals surface area contributed by atoms with Crippen molar-refractivity contribution in [3.63, 3.8) is 0 Å². The first kappa shape index (κ1) is 16.2. The maximum atomic E-state index is 6.28. The molecule has 0 aliphatic heterocycles. The van der Waals surface area contributed by atoms with Gasteiger partial charge in [-0.3, -0.25) is 0 Å². The van der Waals surface area contributed by atoms with Crippen LogP contribution < -0.4 is 5.73 Å². The molecule has 0 saturated heterocycles. The van der Waals surface area contributed by atoms with Crippen LogP contribution in [0.5, 0.6) is 0 Å². The summed E-state index contributed by atoms with van der Waals surface area (Å²) in [5.41, 5.74) is 8.95. The van der Waals surface area contributed by atoms with Gasteiger partial charge in [0.25, 0.3) is 0 Å². The molecule has 0 aromatic heterocycles. The highest BCUT2D eigenvalue weighted by Crippen LogP contribution is 2.14. The van der Waals surface area contributed by atoms with Gasteiger partial charge in [0.05, 0.1) is 0 Å². The van der Waals surface area contributed by atoms with Crippen molar-refractivity contribution in [2.75, 3.05) is 20.1 Å². The molecule has 0 aliphatic carbocycles. The molecule has 1 atom stereocenters. The van der Waals surface area contributed by atoms with E-state index in [1.807, 2.05) is 0 Å². The Kier molecular flexibility index (Phi) is 7.76. The summed E-state index contributed by atoms with van der Waals surface area (Å²) in [4.78, 5) is 2.35. The Morgan fingerprint density at radius 3 is 2.32 bits per heavy atom. The number of nitrogens with two attached hydrogens (primary N) is 1. The van der Waals surface area contributed by atoms with Gasteiger partial charge in [0, 0.05) is 12.6 Å². The maximum Gasteiger partial charge on any atom is 0.0424 e. The third-order valence-electron chi connectivity index (χ3n) is 3.60. The van der Waals surface area contributed by atoms with Crippen molar-refractivity contribution in [1.29, 1.82) is 0 Å². The number of benzene rings is 1. The van der Waals surface area contributed by atoms with Gasteiger partial charge in [-0.2, -0.15) is 0 Å². The Bertz CT molecular complexity index is 332. The Morgan fingerprint density at radius 1 is 1.05 bits per heavy atom. The van der Waals surface area contributed by atoms with E-state index in [-0.39, 0.29) is 6.04 Å². The highest BCUT2D eigenvalue weighted by molar-refractivity contribution is 5.25. The Morgan fingerprint density at radius 2 is 1.74 bits per heavy atom. The summed E-state index contributed by atoms with van der Waals surface area (Å²) in [6, 6.07) is 8.94. The minimum atomic E-state index is 0.127. The van der Waals surface area contributed by atoms with Crippen LogP contribution >= 0.6 is 0 Å². The molecule has 1 rings (SSSR count). The molecule has 0 radical (unpaired) electrons. The van der Waals surface area contributed by atoms with Crippen molar-refractivity contribution in [2.24, 2.45) is 5.73 Å². The van der Waals surface area contributed by atoms with E-state index in [0.717, 1.165) is 19.5 Å². The molecule has 0 fully saturated rings. The van der Waals surface area contributed by atoms with Crippen LogP contribution in [0, 0.1) is 0 Å². The van der Waals surface area contributed by atoms with Crippen LogP contribution in [-0.2, 0) is 6.42 Å². The number of aryl methyl sites for hydroxylation is 1. The molecule has 108 valence electrons. The Hall–Kier alpha value is -0.860. The summed E-state index contributed by atoms with van der Waals surface area (Å²) < 4.78 is 0. The Balaban J connectivity index is 2.41. The fourth-order valence-electron chi connectivity index (χ4n) is 2.38. The number of likely N-dealkylation sites (N-methyl/N-ethyl adjacent to an activating group) is 1. The molecule has 2 N–H and O–H groups in total. The zero-order valence-electron chi connectivity index (χ0n) is 12.9. The minimum absolute atomic E-state index is 0.127. The molecular formula is C17H30N2. The van der Waals surface area contributed by atoms with E-state index < -0.39 is 0 Å². The summed E-state index contributed by atoms with van der Waals surface area (Å²) in [7, 11) is 2.17. The molecule has 19 heavy (non-hydrogen) atoms. The highest BCUT2D eigenvalue weighted by atomic mass is 15.1. The fourth-order valence-corrected chi connectivity index (χ4v) is 2.38. The molecule has 1 aromatic rings. The lowest BCUT2D eigenvalue weighted by atomic mass is 10.0. The van der Waals surface area contributed by atoms with E-state index in [4.69, 9.17) is 5.73 Å². The van der Waals surface area contributed by atoms with Gasteiger partial charge in [0.1, 0.15) is 0 Å². The number of nitrogens with zero attached hydrogens (tertiary/aromatic N) is 1. The average molecular weight is 262 g/mol. The average Bonchev–Trinajstić information content (AvgIpc) is 2.40. The first-order valence-corrected chi connectivity index (χ1v) is 7.70. The van der Waals surface area contributed by atoms with Crippen molar-refractivity contribution in [2.45, 2.75) is 52.0 Å². The van der Waals surface area contributed by atoms with Crippen LogP contribution in [0.4, 0.5) is 0 Å². The summed E-state index contributed by atoms with van der Waals surface area (Å²) in [5.74, 6) is 0. The van der Waals surface area contributed by atoms with E-state index in [9.17, 15) is 0 Å². The molecule has 1 aromatic carbocycles. The monoisotopic (exact) mass is 262 g/mol. The number of rotatable bonds is 9. The lowest BCUT2D eigenvalue weighted by molar-refractivity contribution is 0.305. The molecule has 0 amide bonds. The van der Waals surface area contributed by atoms with Gasteiger partial charge in [-0.1, -0.05) is 57.4 Å². The fraction of sp³-hybridized carbons (Fsp3) is 0.647. The number of hydrogen-bond acceptors (Lipinski definition) is 2. The summed E-state index contributed by atoms with van der Waals surface area (Å²) in [6.07, 6.45) is 6.22. The molecular weight excluding hydrogens is 232 g/mol. The van der Waals surface area contributed by atoms with Gasteiger partial charge in [-0.05, 0) is 37.6 Å². The number of hydrogen-bond donors (Lipinski definition) is 1. The summed E-state index contributed by atoms with van der Waals surface area (Å²) in [5, 5.41) is 0. The summed E-state index contributed by atoms with van der Waals surface area (Å²) in [6.45, 7) is 6.54. The lowest BCUT2D eigenvalue weighted by Gasteiger charge is -2.21. The van der Waals surface area contributed by atoms with Crippen molar-refractivity contribution < 1.29 is 0 Å². The van der Waals surface area contributed by atoms with E-state index >= 15 is 0 Å². The van der Waals surface area contributed by atoms with E-state index in [1.165, 1.54) is 36.8 Å². The zero-order chi connectivity index (χ0) is 14.1. The van der Waals surface area contributed by atoms with Crippen LogP contribution in [0.2, 0.25) is 0 Å². The largest absolute Gasteiger partial charge is 0.323 e. The van der Waals surface area contributed by atoms with Crippen molar-refractivity contribution in [1.82, 2.24) is 4.90 Å². The van der Waals surface area contributed by atoms with E-state index in [2.05, 4.69) is 50.1 Å². The normalized spacial score (nSPS) is 12.9. The molecule has 0 bridgehead atoms. The van der Waals surface area contributed by atoms with Crippen LogP contribution in [0.3, 0.4) is 0 Å². The highest BCUT2D eigenvalue weighted by Gasteiger charge is 2.09. The predicted molar refractivity (Wildman–Crippen MR) is 84.4 cm³/mol. The van der Waals surface area contributed by atoms with Gasteiger partial charge >= 0.3 is 0 Å². The van der Waals surface area contributed by atoms with Gasteiger partial charge in [-0.15, -0.1) is 0 Å². The molecule has 2 nitrogen and oxygen atoms in total. The van der Waals surface area contributed by atoms with Crippen molar-refractivity contribution >= 4 is 0 Å². The minimum Gasteiger partial charge on any atom is -0.323 e. The zero-order valence-corrected chi connectivity index (χ0v) is 12.9. The molecule has 0 spiro atoms. The van der Waals surface area contributed by atoms with Gasteiger partial charge in [0.15, 0.2) is 0 Å². The quantitative estimate of drug-likeness (QED) is 0.687. The molecule has 2 heteroatoms. The third-order valence-corrected chi connectivity index (χ3v) is 3.60. The SMILES string of the molecule is CCCCCN(C)CC(N)c1ccc(CCC)cc1. The van der Waals surface area contributed by atoms with Crippen molar-refractivity contribution in [3.8, 4) is 0 Å². The van der Waals surface area contributed by atoms with Gasteiger partial charge in [-0.25, -0.2) is 0 Å². The van der Waals surface area contributed by atoms with E-state index in [0.29, 0.717) is 0 Å². The standard InChI is InChI=1S/C17H30N2/c1-4-6-7-13-19(3)14-17(18)16-11-9-15(8-5-2)10-12-16/h9-12,17H,4-8,13-14,18H2,1-3H3. The first-order valence-electron chi connectivity index (χ1n) is 7.70. The maximum absolute atomic E-state index is 6.28. The molecule has 0 heterocycles. The molecule has 0 saturated carbocycles. The Labute approximate surface area is 119 Å². The van der Waals surface area contributed by atoms with Crippen molar-refractivity contribution in [3.05, 3.63) is 35.4 Å². The van der Waals surface area contributed by atoms with Crippen LogP contribution in [0.1, 0.15) is 56.7 Å². The first-order chi connectivity index (χ1) is 9.17. The van der Waals surface area contributed by atoms with Gasteiger partial charge < -0.3 is 10.6 Å². The lowest BCUT2D eigenvalue weighted by Crippen LogP contribution is -2.29.